The van der Waals surface area contributed by atoms with Gasteiger partial charge in [-0.2, -0.15) is 26.3 Å². The highest BCUT2D eigenvalue weighted by Gasteiger charge is 2.31. The minimum atomic E-state index is -4.52. The summed E-state index contributed by atoms with van der Waals surface area (Å²) in [6, 6.07) is 33.8. The fourth-order valence-corrected chi connectivity index (χ4v) is 7.73. The zero-order chi connectivity index (χ0) is 36.1. The third-order valence-corrected chi connectivity index (χ3v) is 10.0. The molecule has 0 unspecified atom stereocenters. The van der Waals surface area contributed by atoms with Crippen molar-refractivity contribution in [3.05, 3.63) is 156 Å². The molecular formula is C44H22F8. The lowest BCUT2D eigenvalue weighted by atomic mass is 9.82. The molecule has 0 aromatic heterocycles. The first-order valence-electron chi connectivity index (χ1n) is 16.3. The second-order valence-corrected chi connectivity index (χ2v) is 12.9. The Bertz CT molecular complexity index is 2860. The van der Waals surface area contributed by atoms with Crippen molar-refractivity contribution in [3.8, 4) is 33.4 Å². The Kier molecular flexibility index (Phi) is 6.90. The number of hydrogen-bond acceptors (Lipinski definition) is 0. The van der Waals surface area contributed by atoms with Crippen LogP contribution in [-0.2, 0) is 12.4 Å². The lowest BCUT2D eigenvalue weighted by Crippen LogP contribution is -2.04. The highest BCUT2D eigenvalue weighted by molar-refractivity contribution is 6.30. The van der Waals surface area contributed by atoms with Gasteiger partial charge < -0.3 is 0 Å². The first-order valence-corrected chi connectivity index (χ1v) is 16.3. The van der Waals surface area contributed by atoms with Crippen molar-refractivity contribution in [1.29, 1.82) is 0 Å². The summed E-state index contributed by atoms with van der Waals surface area (Å²) in [5.74, 6) is -1.01. The molecule has 8 heteroatoms. The van der Waals surface area contributed by atoms with Crippen LogP contribution in [0.5, 0.6) is 0 Å². The Morgan fingerprint density at radius 1 is 0.365 bits per heavy atom. The van der Waals surface area contributed by atoms with Gasteiger partial charge in [0.05, 0.1) is 11.1 Å². The van der Waals surface area contributed by atoms with Gasteiger partial charge in [0.2, 0.25) is 0 Å². The summed E-state index contributed by atoms with van der Waals surface area (Å²) in [7, 11) is 0. The molecule has 0 aliphatic heterocycles. The van der Waals surface area contributed by atoms with E-state index in [2.05, 4.69) is 0 Å². The minimum Gasteiger partial charge on any atom is -0.207 e. The molecule has 0 heterocycles. The van der Waals surface area contributed by atoms with E-state index in [0.29, 0.717) is 60.0 Å². The molecule has 0 aliphatic carbocycles. The van der Waals surface area contributed by atoms with E-state index in [-0.39, 0.29) is 0 Å². The zero-order valence-corrected chi connectivity index (χ0v) is 26.7. The molecule has 0 nitrogen and oxygen atoms in total. The van der Waals surface area contributed by atoms with Crippen molar-refractivity contribution in [3.63, 3.8) is 0 Å². The number of rotatable bonds is 3. The van der Waals surface area contributed by atoms with Crippen LogP contribution in [0.1, 0.15) is 11.1 Å². The van der Waals surface area contributed by atoms with Crippen LogP contribution < -0.4 is 0 Å². The van der Waals surface area contributed by atoms with E-state index < -0.39 is 35.1 Å². The lowest BCUT2D eigenvalue weighted by Gasteiger charge is -2.21. The fraction of sp³-hybridized carbons (Fsp3) is 0.0455. The lowest BCUT2D eigenvalue weighted by molar-refractivity contribution is -0.138. The van der Waals surface area contributed by atoms with E-state index >= 15 is 8.78 Å². The van der Waals surface area contributed by atoms with Crippen molar-refractivity contribution >= 4 is 53.9 Å². The van der Waals surface area contributed by atoms with E-state index in [0.717, 1.165) is 51.6 Å². The molecule has 52 heavy (non-hydrogen) atoms. The van der Waals surface area contributed by atoms with Crippen molar-refractivity contribution in [1.82, 2.24) is 0 Å². The van der Waals surface area contributed by atoms with E-state index in [1.54, 1.807) is 18.2 Å². The van der Waals surface area contributed by atoms with E-state index in [1.807, 2.05) is 48.5 Å². The van der Waals surface area contributed by atoms with Gasteiger partial charge in [-0.15, -0.1) is 0 Å². The summed E-state index contributed by atoms with van der Waals surface area (Å²) in [4.78, 5) is 0. The van der Waals surface area contributed by atoms with Crippen LogP contribution in [0.25, 0.3) is 87.2 Å². The maximum absolute atomic E-state index is 16.1. The van der Waals surface area contributed by atoms with Gasteiger partial charge in [-0.05, 0) is 119 Å². The molecule has 0 saturated heterocycles. The molecule has 0 fully saturated rings. The molecule has 0 spiro atoms. The monoisotopic (exact) mass is 702 g/mol. The van der Waals surface area contributed by atoms with Gasteiger partial charge in [-0.25, -0.2) is 8.78 Å². The molecule has 0 atom stereocenters. The molecule has 0 N–H and O–H groups in total. The fourth-order valence-electron chi connectivity index (χ4n) is 7.73. The van der Waals surface area contributed by atoms with Gasteiger partial charge >= 0.3 is 12.4 Å². The maximum atomic E-state index is 16.1. The molecule has 0 aliphatic rings. The topological polar surface area (TPSA) is 0 Å². The van der Waals surface area contributed by atoms with Gasteiger partial charge in [0.1, 0.15) is 11.6 Å². The van der Waals surface area contributed by atoms with Crippen LogP contribution in [0.15, 0.2) is 133 Å². The second-order valence-electron chi connectivity index (χ2n) is 12.9. The second kappa shape index (κ2) is 11.2. The van der Waals surface area contributed by atoms with E-state index in [9.17, 15) is 26.3 Å². The quantitative estimate of drug-likeness (QED) is 0.0977. The number of fused-ring (bicyclic) bond motifs is 2. The van der Waals surface area contributed by atoms with Crippen LogP contribution in [0.4, 0.5) is 35.1 Å². The van der Waals surface area contributed by atoms with Gasteiger partial charge in [0, 0.05) is 10.8 Å². The first-order chi connectivity index (χ1) is 24.9. The Morgan fingerprint density at radius 2 is 0.904 bits per heavy atom. The van der Waals surface area contributed by atoms with Crippen LogP contribution in [0, 0.1) is 11.6 Å². The maximum Gasteiger partial charge on any atom is 0.416 e. The third kappa shape index (κ3) is 4.88. The van der Waals surface area contributed by atoms with E-state index in [1.165, 1.54) is 42.5 Å². The summed E-state index contributed by atoms with van der Waals surface area (Å²) in [6.07, 6.45) is -9.02. The smallest absolute Gasteiger partial charge is 0.207 e. The highest BCUT2D eigenvalue weighted by atomic mass is 19.4. The third-order valence-electron chi connectivity index (χ3n) is 10.0. The number of benzene rings is 9. The van der Waals surface area contributed by atoms with Crippen LogP contribution >= 0.6 is 0 Å². The highest BCUT2D eigenvalue weighted by Crippen LogP contribution is 2.49. The average Bonchev–Trinajstić information content (AvgIpc) is 3.12. The van der Waals surface area contributed by atoms with Crippen LogP contribution in [0.3, 0.4) is 0 Å². The summed E-state index contributed by atoms with van der Waals surface area (Å²) in [6.45, 7) is 0. The van der Waals surface area contributed by atoms with E-state index in [4.69, 9.17) is 0 Å². The van der Waals surface area contributed by atoms with Gasteiger partial charge in [0.25, 0.3) is 0 Å². The predicted octanol–water partition coefficient (Wildman–Crippen LogP) is 14.2. The van der Waals surface area contributed by atoms with Gasteiger partial charge in [-0.3, -0.25) is 0 Å². The molecule has 9 aromatic carbocycles. The molecule has 0 saturated carbocycles. The van der Waals surface area contributed by atoms with Gasteiger partial charge in [-0.1, -0.05) is 91.0 Å². The molecule has 0 amide bonds. The molecule has 9 rings (SSSR count). The van der Waals surface area contributed by atoms with Crippen molar-refractivity contribution in [2.24, 2.45) is 0 Å². The summed E-state index contributed by atoms with van der Waals surface area (Å²) in [5, 5.41) is 6.40. The van der Waals surface area contributed by atoms with Crippen molar-refractivity contribution in [2.75, 3.05) is 0 Å². The predicted molar refractivity (Wildman–Crippen MR) is 191 cm³/mol. The minimum absolute atomic E-state index is 0.363. The summed E-state index contributed by atoms with van der Waals surface area (Å²) in [5.41, 5.74) is 2.03. The zero-order valence-electron chi connectivity index (χ0n) is 26.7. The Hall–Kier alpha value is -6.02. The van der Waals surface area contributed by atoms with Crippen molar-refractivity contribution < 1.29 is 35.1 Å². The van der Waals surface area contributed by atoms with Gasteiger partial charge in [0.15, 0.2) is 0 Å². The van der Waals surface area contributed by atoms with Crippen LogP contribution in [-0.4, -0.2) is 0 Å². The average molecular weight is 703 g/mol. The number of alkyl halides is 6. The molecular weight excluding hydrogens is 680 g/mol. The normalized spacial score (nSPS) is 12.6. The largest absolute Gasteiger partial charge is 0.416 e. The standard InChI is InChI=1S/C44H22F8/c45-28-15-18-34-36(21-28)39(24-7-13-27(14-8-24)44(50,51)52)30-3-1-2-4-31(30)41(34)32-19-20-35-38(46)22-37-29(23-5-11-26(12-6-23)43(47,48)49)16-9-25-10-17-33(32)42(35)40(25)37/h1-22H. The molecule has 9 aromatic rings. The molecule has 254 valence electrons. The first kappa shape index (κ1) is 31.9. The molecule has 0 bridgehead atoms. The Balaban J connectivity index is 1.35. The Morgan fingerprint density at radius 3 is 1.56 bits per heavy atom. The molecule has 0 radical (unpaired) electrons. The summed E-state index contributed by atoms with van der Waals surface area (Å²) < 4.78 is 112. The SMILES string of the molecule is Fc1ccc2c(-c3ccc4c(F)cc5c(-c6ccc(C(F)(F)F)cc6)ccc6ccc3c4c65)c3ccccc3c(-c3ccc(C(F)(F)F)cc3)c2c1. The number of hydrogen-bond donors (Lipinski definition) is 0. The summed E-state index contributed by atoms with van der Waals surface area (Å²) >= 11 is 0. The van der Waals surface area contributed by atoms with Crippen LogP contribution in [0.2, 0.25) is 0 Å². The van der Waals surface area contributed by atoms with Crippen molar-refractivity contribution in [2.45, 2.75) is 12.4 Å². The number of halogens is 8. The Labute approximate surface area is 290 Å².